The summed E-state index contributed by atoms with van der Waals surface area (Å²) < 4.78 is 0. The highest BCUT2D eigenvalue weighted by Gasteiger charge is 2.35. The molecule has 128 valence electrons. The van der Waals surface area contributed by atoms with Gasteiger partial charge < -0.3 is 20.4 Å². The highest BCUT2D eigenvalue weighted by Crippen LogP contribution is 2.25. The van der Waals surface area contributed by atoms with E-state index in [1.807, 2.05) is 31.2 Å². The summed E-state index contributed by atoms with van der Waals surface area (Å²) in [5, 5.41) is 20.7. The van der Waals surface area contributed by atoms with Crippen molar-refractivity contribution >= 4 is 17.8 Å². The Hall–Kier alpha value is -2.83. The van der Waals surface area contributed by atoms with Crippen molar-refractivity contribution < 1.29 is 24.6 Å². The number of nitrogens with one attached hydrogen (secondary N) is 1. The molecule has 0 saturated heterocycles. The average molecular weight is 332 g/mol. The molecule has 0 bridgehead atoms. The second-order valence-corrected chi connectivity index (χ2v) is 5.87. The van der Waals surface area contributed by atoms with Crippen LogP contribution in [0.3, 0.4) is 0 Å². The third kappa shape index (κ3) is 3.92. The SMILES string of the molecule is Cc1ccc(CN2C(=O)C(C(=O)NCC(=O)O)=C(O)CC2C)cc1. The largest absolute Gasteiger partial charge is 0.511 e. The van der Waals surface area contributed by atoms with Gasteiger partial charge >= 0.3 is 5.97 Å². The molecule has 0 aromatic heterocycles. The zero-order chi connectivity index (χ0) is 17.9. The van der Waals surface area contributed by atoms with Gasteiger partial charge in [-0.3, -0.25) is 14.4 Å². The van der Waals surface area contributed by atoms with E-state index >= 15 is 0 Å². The van der Waals surface area contributed by atoms with Crippen LogP contribution in [0, 0.1) is 6.92 Å². The lowest BCUT2D eigenvalue weighted by Gasteiger charge is -2.34. The number of carboxylic acids is 1. The van der Waals surface area contributed by atoms with E-state index in [2.05, 4.69) is 5.32 Å². The Morgan fingerprint density at radius 1 is 1.29 bits per heavy atom. The molecule has 0 aliphatic carbocycles. The maximum absolute atomic E-state index is 12.6. The minimum absolute atomic E-state index is 0.146. The second kappa shape index (κ2) is 7.16. The van der Waals surface area contributed by atoms with Crippen molar-refractivity contribution in [3.05, 3.63) is 46.7 Å². The summed E-state index contributed by atoms with van der Waals surface area (Å²) in [4.78, 5) is 36.7. The fraction of sp³-hybridized carbons (Fsp3) is 0.353. The zero-order valence-electron chi connectivity index (χ0n) is 13.6. The predicted molar refractivity (Wildman–Crippen MR) is 86.1 cm³/mol. The van der Waals surface area contributed by atoms with Gasteiger partial charge in [0.2, 0.25) is 0 Å². The van der Waals surface area contributed by atoms with Gasteiger partial charge in [0.05, 0.1) is 0 Å². The van der Waals surface area contributed by atoms with Gasteiger partial charge in [0, 0.05) is 19.0 Å². The second-order valence-electron chi connectivity index (χ2n) is 5.87. The normalized spacial score (nSPS) is 17.8. The van der Waals surface area contributed by atoms with Crippen LogP contribution in [0.5, 0.6) is 0 Å². The van der Waals surface area contributed by atoms with Crippen LogP contribution in [0.15, 0.2) is 35.6 Å². The van der Waals surface area contributed by atoms with Crippen molar-refractivity contribution in [3.63, 3.8) is 0 Å². The molecule has 1 atom stereocenters. The molecule has 3 N–H and O–H groups in total. The Morgan fingerprint density at radius 3 is 2.50 bits per heavy atom. The number of carboxylic acid groups (broad SMARTS) is 1. The zero-order valence-corrected chi connectivity index (χ0v) is 13.6. The minimum Gasteiger partial charge on any atom is -0.511 e. The Kier molecular flexibility index (Phi) is 5.23. The van der Waals surface area contributed by atoms with E-state index in [1.165, 1.54) is 4.90 Å². The molecule has 1 aliphatic rings. The van der Waals surface area contributed by atoms with E-state index in [0.717, 1.165) is 11.1 Å². The first-order valence-electron chi connectivity index (χ1n) is 7.58. The maximum atomic E-state index is 12.6. The van der Waals surface area contributed by atoms with Crippen LogP contribution < -0.4 is 5.32 Å². The number of aryl methyl sites for hydroxylation is 1. The lowest BCUT2D eigenvalue weighted by atomic mass is 9.99. The van der Waals surface area contributed by atoms with Crippen molar-refractivity contribution in [3.8, 4) is 0 Å². The number of aliphatic carboxylic acids is 1. The molecule has 2 rings (SSSR count). The van der Waals surface area contributed by atoms with Gasteiger partial charge in [-0.1, -0.05) is 29.8 Å². The molecule has 1 heterocycles. The van der Waals surface area contributed by atoms with Crippen LogP contribution in [0.25, 0.3) is 0 Å². The molecule has 0 saturated carbocycles. The topological polar surface area (TPSA) is 107 Å². The first-order valence-corrected chi connectivity index (χ1v) is 7.58. The molecule has 1 unspecified atom stereocenters. The van der Waals surface area contributed by atoms with E-state index in [1.54, 1.807) is 6.92 Å². The molecule has 1 aromatic carbocycles. The summed E-state index contributed by atoms with van der Waals surface area (Å²) in [7, 11) is 0. The Balaban J connectivity index is 2.19. The standard InChI is InChI=1S/C17H20N2O5/c1-10-3-5-12(6-4-10)9-19-11(2)7-13(20)15(17(19)24)16(23)18-8-14(21)22/h3-6,11,20H,7-9H2,1-2H3,(H,18,23)(H,21,22). The Labute approximate surface area is 139 Å². The molecular weight excluding hydrogens is 312 g/mol. The van der Waals surface area contributed by atoms with Crippen molar-refractivity contribution in [2.24, 2.45) is 0 Å². The molecule has 2 amide bonds. The van der Waals surface area contributed by atoms with Gasteiger partial charge in [-0.15, -0.1) is 0 Å². The van der Waals surface area contributed by atoms with Gasteiger partial charge in [0.1, 0.15) is 17.9 Å². The number of aliphatic hydroxyl groups is 1. The van der Waals surface area contributed by atoms with E-state index in [9.17, 15) is 19.5 Å². The van der Waals surface area contributed by atoms with Crippen LogP contribution in [0.2, 0.25) is 0 Å². The van der Waals surface area contributed by atoms with Crippen molar-refractivity contribution in [2.75, 3.05) is 6.54 Å². The maximum Gasteiger partial charge on any atom is 0.322 e. The quantitative estimate of drug-likeness (QED) is 0.701. The molecule has 24 heavy (non-hydrogen) atoms. The Bertz CT molecular complexity index is 693. The molecule has 7 heteroatoms. The number of rotatable bonds is 5. The summed E-state index contributed by atoms with van der Waals surface area (Å²) in [6.45, 7) is 3.44. The van der Waals surface area contributed by atoms with Gasteiger partial charge in [-0.05, 0) is 19.4 Å². The smallest absolute Gasteiger partial charge is 0.322 e. The fourth-order valence-electron chi connectivity index (χ4n) is 2.55. The van der Waals surface area contributed by atoms with Gasteiger partial charge in [0.25, 0.3) is 11.8 Å². The molecule has 1 aromatic rings. The third-order valence-corrected chi connectivity index (χ3v) is 3.88. The van der Waals surface area contributed by atoms with E-state index in [-0.39, 0.29) is 23.8 Å². The van der Waals surface area contributed by atoms with Gasteiger partial charge in [-0.25, -0.2) is 0 Å². The first kappa shape index (κ1) is 17.5. The third-order valence-electron chi connectivity index (χ3n) is 3.88. The molecular formula is C17H20N2O5. The molecule has 0 spiro atoms. The monoisotopic (exact) mass is 332 g/mol. The van der Waals surface area contributed by atoms with E-state index in [4.69, 9.17) is 5.11 Å². The molecule has 7 nitrogen and oxygen atoms in total. The van der Waals surface area contributed by atoms with Gasteiger partial charge in [0.15, 0.2) is 0 Å². The number of amides is 2. The highest BCUT2D eigenvalue weighted by atomic mass is 16.4. The van der Waals surface area contributed by atoms with Crippen LogP contribution >= 0.6 is 0 Å². The highest BCUT2D eigenvalue weighted by molar-refractivity contribution is 6.19. The lowest BCUT2D eigenvalue weighted by molar-refractivity contribution is -0.139. The number of hydrogen-bond acceptors (Lipinski definition) is 4. The first-order chi connectivity index (χ1) is 11.3. The summed E-state index contributed by atoms with van der Waals surface area (Å²) >= 11 is 0. The summed E-state index contributed by atoms with van der Waals surface area (Å²) in [6.07, 6.45) is 0.146. The summed E-state index contributed by atoms with van der Waals surface area (Å²) in [6, 6.07) is 7.40. The number of carbonyl (C=O) groups is 3. The average Bonchev–Trinajstić information content (AvgIpc) is 2.51. The number of aliphatic hydroxyl groups excluding tert-OH is 1. The van der Waals surface area contributed by atoms with Crippen LogP contribution in [-0.4, -0.2) is 45.5 Å². The van der Waals surface area contributed by atoms with Crippen LogP contribution in [-0.2, 0) is 20.9 Å². The summed E-state index contributed by atoms with van der Waals surface area (Å²) in [5.41, 5.74) is 1.62. The van der Waals surface area contributed by atoms with Crippen LogP contribution in [0.4, 0.5) is 0 Å². The number of nitrogens with zero attached hydrogens (tertiary/aromatic N) is 1. The molecule has 0 fully saturated rings. The number of benzene rings is 1. The predicted octanol–water partition coefficient (Wildman–Crippen LogP) is 1.13. The van der Waals surface area contributed by atoms with Gasteiger partial charge in [-0.2, -0.15) is 0 Å². The number of carbonyl (C=O) groups excluding carboxylic acids is 2. The van der Waals surface area contributed by atoms with Crippen LogP contribution in [0.1, 0.15) is 24.5 Å². The van der Waals surface area contributed by atoms with Crippen molar-refractivity contribution in [2.45, 2.75) is 32.9 Å². The summed E-state index contributed by atoms with van der Waals surface area (Å²) in [5.74, 6) is -3.01. The number of hydrogen-bond donors (Lipinski definition) is 3. The molecule has 1 aliphatic heterocycles. The van der Waals surface area contributed by atoms with Crippen molar-refractivity contribution in [1.29, 1.82) is 0 Å². The lowest BCUT2D eigenvalue weighted by Crippen LogP contribution is -2.47. The van der Waals surface area contributed by atoms with E-state index < -0.39 is 24.3 Å². The Morgan fingerprint density at radius 2 is 1.92 bits per heavy atom. The minimum atomic E-state index is -1.23. The molecule has 0 radical (unpaired) electrons. The van der Waals surface area contributed by atoms with E-state index in [0.29, 0.717) is 6.54 Å². The fourth-order valence-corrected chi connectivity index (χ4v) is 2.55. The van der Waals surface area contributed by atoms with Crippen molar-refractivity contribution in [1.82, 2.24) is 10.2 Å².